The number of amides is 2. The Hall–Kier alpha value is -3.02. The summed E-state index contributed by atoms with van der Waals surface area (Å²) >= 11 is 0. The van der Waals surface area contributed by atoms with E-state index >= 15 is 0 Å². The van der Waals surface area contributed by atoms with Gasteiger partial charge in [0.2, 0.25) is 12.7 Å². The van der Waals surface area contributed by atoms with Gasteiger partial charge in [-0.15, -0.1) is 0 Å². The van der Waals surface area contributed by atoms with E-state index in [0.29, 0.717) is 29.3 Å². The van der Waals surface area contributed by atoms with Gasteiger partial charge in [-0.05, 0) is 29.8 Å². The lowest BCUT2D eigenvalue weighted by Crippen LogP contribution is -2.19. The predicted molar refractivity (Wildman–Crippen MR) is 84.5 cm³/mol. The Labute approximate surface area is 133 Å². The van der Waals surface area contributed by atoms with Gasteiger partial charge in [0, 0.05) is 30.8 Å². The summed E-state index contributed by atoms with van der Waals surface area (Å²) in [6.07, 6.45) is 0. The summed E-state index contributed by atoms with van der Waals surface area (Å²) in [5, 5.41) is 5.52. The van der Waals surface area contributed by atoms with Crippen molar-refractivity contribution in [3.63, 3.8) is 0 Å². The number of rotatable bonds is 4. The molecule has 118 valence electrons. The first kappa shape index (κ1) is 14.9. The molecule has 6 heteroatoms. The van der Waals surface area contributed by atoms with Crippen LogP contribution in [-0.2, 0) is 11.3 Å². The molecule has 0 bridgehead atoms. The third-order valence-electron chi connectivity index (χ3n) is 3.39. The zero-order chi connectivity index (χ0) is 16.2. The van der Waals surface area contributed by atoms with Crippen molar-refractivity contribution < 1.29 is 19.1 Å². The molecule has 2 N–H and O–H groups in total. The maximum atomic E-state index is 12.2. The Bertz CT molecular complexity index is 741. The first-order valence-electron chi connectivity index (χ1n) is 7.16. The van der Waals surface area contributed by atoms with Crippen LogP contribution in [0.25, 0.3) is 0 Å². The van der Waals surface area contributed by atoms with Gasteiger partial charge in [0.15, 0.2) is 11.5 Å². The van der Waals surface area contributed by atoms with Crippen LogP contribution in [0.2, 0.25) is 0 Å². The minimum Gasteiger partial charge on any atom is -0.454 e. The van der Waals surface area contributed by atoms with Gasteiger partial charge in [0.1, 0.15) is 0 Å². The molecule has 1 aliphatic rings. The summed E-state index contributed by atoms with van der Waals surface area (Å²) in [6, 6.07) is 12.3. The van der Waals surface area contributed by atoms with Crippen molar-refractivity contribution in [2.24, 2.45) is 0 Å². The minimum atomic E-state index is -0.213. The smallest absolute Gasteiger partial charge is 0.255 e. The second-order valence-electron chi connectivity index (χ2n) is 5.13. The van der Waals surface area contributed by atoms with E-state index in [4.69, 9.17) is 9.47 Å². The number of hydrogen-bond acceptors (Lipinski definition) is 4. The Morgan fingerprint density at radius 1 is 1.04 bits per heavy atom. The number of carbonyl (C=O) groups is 2. The first-order chi connectivity index (χ1) is 11.1. The molecule has 0 saturated carbocycles. The molecule has 2 amide bonds. The van der Waals surface area contributed by atoms with E-state index in [9.17, 15) is 9.59 Å². The summed E-state index contributed by atoms with van der Waals surface area (Å²) in [6.45, 7) is 2.11. The van der Waals surface area contributed by atoms with Crippen LogP contribution in [0.3, 0.4) is 0 Å². The van der Waals surface area contributed by atoms with Crippen LogP contribution >= 0.6 is 0 Å². The van der Waals surface area contributed by atoms with Crippen molar-refractivity contribution in [2.45, 2.75) is 13.5 Å². The minimum absolute atomic E-state index is 0.0883. The number of carbonyl (C=O) groups excluding carboxylic acids is 2. The molecule has 23 heavy (non-hydrogen) atoms. The molecule has 0 aliphatic carbocycles. The van der Waals surface area contributed by atoms with Crippen molar-refractivity contribution >= 4 is 17.5 Å². The Balaban J connectivity index is 1.65. The zero-order valence-electron chi connectivity index (χ0n) is 12.6. The highest BCUT2D eigenvalue weighted by Gasteiger charge is 2.14. The summed E-state index contributed by atoms with van der Waals surface area (Å²) in [4.78, 5) is 23.1. The summed E-state index contributed by atoms with van der Waals surface area (Å²) in [5.74, 6) is 0.989. The second kappa shape index (κ2) is 6.39. The van der Waals surface area contributed by atoms with Crippen LogP contribution in [0, 0.1) is 0 Å². The molecule has 2 aromatic carbocycles. The van der Waals surface area contributed by atoms with E-state index in [1.54, 1.807) is 30.3 Å². The van der Waals surface area contributed by atoms with Gasteiger partial charge in [-0.1, -0.05) is 12.1 Å². The molecule has 0 fully saturated rings. The number of hydrogen-bond donors (Lipinski definition) is 2. The fourth-order valence-electron chi connectivity index (χ4n) is 2.18. The van der Waals surface area contributed by atoms with Crippen molar-refractivity contribution in [2.75, 3.05) is 12.1 Å². The van der Waals surface area contributed by atoms with Crippen LogP contribution in [0.4, 0.5) is 5.69 Å². The van der Waals surface area contributed by atoms with Gasteiger partial charge >= 0.3 is 0 Å². The number of fused-ring (bicyclic) bond motifs is 1. The highest BCUT2D eigenvalue weighted by atomic mass is 16.7. The van der Waals surface area contributed by atoms with Crippen LogP contribution < -0.4 is 20.1 Å². The van der Waals surface area contributed by atoms with Crippen molar-refractivity contribution in [1.82, 2.24) is 5.32 Å². The fraction of sp³-hybridized carbons (Fsp3) is 0.176. The number of anilines is 1. The van der Waals surface area contributed by atoms with E-state index in [1.807, 2.05) is 12.1 Å². The average Bonchev–Trinajstić information content (AvgIpc) is 3.01. The summed E-state index contributed by atoms with van der Waals surface area (Å²) < 4.78 is 10.5. The summed E-state index contributed by atoms with van der Waals surface area (Å²) in [7, 11) is 0. The molecule has 1 heterocycles. The van der Waals surface area contributed by atoms with Crippen molar-refractivity contribution in [3.05, 3.63) is 53.6 Å². The third kappa shape index (κ3) is 3.60. The molecular weight excluding hydrogens is 296 g/mol. The lowest BCUT2D eigenvalue weighted by Gasteiger charge is -2.07. The van der Waals surface area contributed by atoms with E-state index in [1.165, 1.54) is 6.92 Å². The standard InChI is InChI=1S/C17H16N2O4/c1-11(20)18-9-12-2-4-13(5-3-12)17(21)19-14-6-7-15-16(8-14)23-10-22-15/h2-8H,9-10H2,1H3,(H,18,20)(H,19,21). The number of ether oxygens (including phenoxy) is 2. The Morgan fingerprint density at radius 3 is 2.52 bits per heavy atom. The van der Waals surface area contributed by atoms with Crippen LogP contribution in [0.1, 0.15) is 22.8 Å². The van der Waals surface area contributed by atoms with Gasteiger partial charge in [-0.25, -0.2) is 0 Å². The summed E-state index contributed by atoms with van der Waals surface area (Å²) in [5.41, 5.74) is 2.11. The SMILES string of the molecule is CC(=O)NCc1ccc(C(=O)Nc2ccc3c(c2)OCO3)cc1. The molecule has 1 aliphatic heterocycles. The van der Waals surface area contributed by atoms with Crippen LogP contribution in [0.15, 0.2) is 42.5 Å². The molecule has 3 rings (SSSR count). The zero-order valence-corrected chi connectivity index (χ0v) is 12.6. The largest absolute Gasteiger partial charge is 0.454 e. The van der Waals surface area contributed by atoms with E-state index < -0.39 is 0 Å². The average molecular weight is 312 g/mol. The molecule has 0 atom stereocenters. The lowest BCUT2D eigenvalue weighted by molar-refractivity contribution is -0.119. The van der Waals surface area contributed by atoms with Gasteiger partial charge in [-0.3, -0.25) is 9.59 Å². The molecule has 0 aromatic heterocycles. The Morgan fingerprint density at radius 2 is 1.78 bits per heavy atom. The predicted octanol–water partition coefficient (Wildman–Crippen LogP) is 2.30. The molecular formula is C17H16N2O4. The molecule has 0 saturated heterocycles. The van der Waals surface area contributed by atoms with Gasteiger partial charge in [-0.2, -0.15) is 0 Å². The van der Waals surface area contributed by atoms with Gasteiger partial charge in [0.05, 0.1) is 0 Å². The highest BCUT2D eigenvalue weighted by Crippen LogP contribution is 2.34. The quantitative estimate of drug-likeness (QED) is 0.908. The molecule has 0 unspecified atom stereocenters. The molecule has 0 spiro atoms. The van der Waals surface area contributed by atoms with E-state index in [-0.39, 0.29) is 18.6 Å². The van der Waals surface area contributed by atoms with E-state index in [0.717, 1.165) is 5.56 Å². The molecule has 0 radical (unpaired) electrons. The first-order valence-corrected chi connectivity index (χ1v) is 7.16. The maximum Gasteiger partial charge on any atom is 0.255 e. The van der Waals surface area contributed by atoms with E-state index in [2.05, 4.69) is 10.6 Å². The lowest BCUT2D eigenvalue weighted by atomic mass is 10.1. The van der Waals surface area contributed by atoms with Gasteiger partial charge in [0.25, 0.3) is 5.91 Å². The second-order valence-corrected chi connectivity index (χ2v) is 5.13. The van der Waals surface area contributed by atoms with Gasteiger partial charge < -0.3 is 20.1 Å². The number of benzene rings is 2. The van der Waals surface area contributed by atoms with Crippen LogP contribution in [0.5, 0.6) is 11.5 Å². The number of nitrogens with one attached hydrogen (secondary N) is 2. The van der Waals surface area contributed by atoms with Crippen LogP contribution in [-0.4, -0.2) is 18.6 Å². The fourth-order valence-corrected chi connectivity index (χ4v) is 2.18. The van der Waals surface area contributed by atoms with Crippen molar-refractivity contribution in [3.8, 4) is 11.5 Å². The highest BCUT2D eigenvalue weighted by molar-refractivity contribution is 6.04. The van der Waals surface area contributed by atoms with Crippen molar-refractivity contribution in [1.29, 1.82) is 0 Å². The molecule has 2 aromatic rings. The molecule has 6 nitrogen and oxygen atoms in total. The monoisotopic (exact) mass is 312 g/mol. The normalized spacial score (nSPS) is 11.9. The Kier molecular flexibility index (Phi) is 4.14. The third-order valence-corrected chi connectivity index (χ3v) is 3.39. The topological polar surface area (TPSA) is 76.7 Å². The maximum absolute atomic E-state index is 12.2.